The van der Waals surface area contributed by atoms with Crippen LogP contribution >= 0.6 is 11.6 Å². The van der Waals surface area contributed by atoms with Crippen LogP contribution in [-0.4, -0.2) is 48.1 Å². The number of morpholine rings is 1. The zero-order chi connectivity index (χ0) is 14.7. The van der Waals surface area contributed by atoms with E-state index in [-0.39, 0.29) is 24.6 Å². The van der Waals surface area contributed by atoms with Gasteiger partial charge >= 0.3 is 0 Å². The van der Waals surface area contributed by atoms with Crippen molar-refractivity contribution in [3.8, 4) is 0 Å². The lowest BCUT2D eigenvalue weighted by molar-refractivity contribution is -0.0103. The summed E-state index contributed by atoms with van der Waals surface area (Å²) in [4.78, 5) is 2.09. The van der Waals surface area contributed by atoms with Gasteiger partial charge in [-0.3, -0.25) is 0 Å². The minimum atomic E-state index is -0.217. The Hall–Kier alpha value is -1.50. The van der Waals surface area contributed by atoms with Crippen molar-refractivity contribution in [2.75, 3.05) is 24.7 Å². The summed E-state index contributed by atoms with van der Waals surface area (Å²) in [6.07, 6.45) is -0.217. The number of nitrogens with zero attached hydrogens (tertiary/aromatic N) is 2. The van der Waals surface area contributed by atoms with E-state index >= 15 is 0 Å². The van der Waals surface area contributed by atoms with E-state index in [9.17, 15) is 5.11 Å². The molecule has 0 aromatic heterocycles. The van der Waals surface area contributed by atoms with Crippen LogP contribution in [-0.2, 0) is 4.74 Å². The molecular formula is C13H18ClN3O3. The first-order valence-electron chi connectivity index (χ1n) is 6.33. The number of hydrogen-bond acceptors (Lipinski definition) is 5. The molecular weight excluding hydrogens is 282 g/mol. The van der Waals surface area contributed by atoms with E-state index < -0.39 is 0 Å². The Morgan fingerprint density at radius 3 is 2.95 bits per heavy atom. The van der Waals surface area contributed by atoms with Crippen LogP contribution in [0.25, 0.3) is 0 Å². The number of anilines is 1. The van der Waals surface area contributed by atoms with Gasteiger partial charge in [-0.15, -0.1) is 0 Å². The highest BCUT2D eigenvalue weighted by Crippen LogP contribution is 2.30. The number of aliphatic hydroxyl groups is 1. The second-order valence-electron chi connectivity index (χ2n) is 4.79. The third-order valence-electron chi connectivity index (χ3n) is 3.37. The number of rotatable bonds is 3. The molecule has 2 atom stereocenters. The molecule has 1 saturated heterocycles. The van der Waals surface area contributed by atoms with Crippen molar-refractivity contribution in [2.24, 2.45) is 10.9 Å². The average Bonchev–Trinajstić information content (AvgIpc) is 2.47. The van der Waals surface area contributed by atoms with Gasteiger partial charge in [-0.2, -0.15) is 0 Å². The summed E-state index contributed by atoms with van der Waals surface area (Å²) in [5.74, 6) is 0.0155. The second-order valence-corrected chi connectivity index (χ2v) is 5.20. The lowest BCUT2D eigenvalue weighted by Gasteiger charge is -2.39. The van der Waals surface area contributed by atoms with Gasteiger partial charge in [0, 0.05) is 18.2 Å². The van der Waals surface area contributed by atoms with Crippen LogP contribution in [0.1, 0.15) is 12.5 Å². The Kier molecular flexibility index (Phi) is 4.69. The Morgan fingerprint density at radius 1 is 1.60 bits per heavy atom. The molecule has 110 valence electrons. The molecule has 1 aromatic carbocycles. The topological polar surface area (TPSA) is 91.3 Å². The standard InChI is InChI=1S/C13H18ClN3O3/c1-8-7-20-10(6-18)5-17(8)12-3-2-9(4-11(12)14)13(15)16-19/h2-4,8,10,18-19H,5-7H2,1H3,(H2,15,16). The molecule has 0 spiro atoms. The lowest BCUT2D eigenvalue weighted by Crippen LogP contribution is -2.49. The van der Waals surface area contributed by atoms with Gasteiger partial charge in [0.2, 0.25) is 0 Å². The molecule has 1 fully saturated rings. The first-order chi connectivity index (χ1) is 9.56. The van der Waals surface area contributed by atoms with E-state index in [1.54, 1.807) is 12.1 Å². The maximum Gasteiger partial charge on any atom is 0.170 e. The monoisotopic (exact) mass is 299 g/mol. The predicted octanol–water partition coefficient (Wildman–Crippen LogP) is 1.02. The van der Waals surface area contributed by atoms with E-state index in [4.69, 9.17) is 27.3 Å². The number of halogens is 1. The number of aliphatic hydroxyl groups excluding tert-OH is 1. The van der Waals surface area contributed by atoms with Crippen LogP contribution in [0.5, 0.6) is 0 Å². The van der Waals surface area contributed by atoms with E-state index in [0.717, 1.165) is 5.69 Å². The highest BCUT2D eigenvalue weighted by molar-refractivity contribution is 6.33. The molecule has 0 amide bonds. The van der Waals surface area contributed by atoms with Crippen molar-refractivity contribution in [1.29, 1.82) is 0 Å². The zero-order valence-electron chi connectivity index (χ0n) is 11.2. The maximum absolute atomic E-state index is 9.22. The van der Waals surface area contributed by atoms with Gasteiger partial charge in [-0.05, 0) is 25.1 Å². The summed E-state index contributed by atoms with van der Waals surface area (Å²) >= 11 is 6.28. The average molecular weight is 300 g/mol. The lowest BCUT2D eigenvalue weighted by atomic mass is 10.1. The summed E-state index contributed by atoms with van der Waals surface area (Å²) in [7, 11) is 0. The molecule has 7 heteroatoms. The van der Waals surface area contributed by atoms with Gasteiger partial charge < -0.3 is 25.7 Å². The largest absolute Gasteiger partial charge is 0.409 e. The molecule has 2 unspecified atom stereocenters. The van der Waals surface area contributed by atoms with Gasteiger partial charge in [-0.1, -0.05) is 16.8 Å². The highest BCUT2D eigenvalue weighted by Gasteiger charge is 2.27. The SMILES string of the molecule is CC1COC(CO)CN1c1ccc(/C(N)=N/O)cc1Cl. The molecule has 6 nitrogen and oxygen atoms in total. The quantitative estimate of drug-likeness (QED) is 0.335. The van der Waals surface area contributed by atoms with E-state index in [1.807, 2.05) is 13.0 Å². The molecule has 0 aliphatic carbocycles. The van der Waals surface area contributed by atoms with Crippen LogP contribution < -0.4 is 10.6 Å². The first-order valence-corrected chi connectivity index (χ1v) is 6.71. The molecule has 2 rings (SSSR count). The minimum absolute atomic E-state index is 0.0155. The number of nitrogens with two attached hydrogens (primary N) is 1. The molecule has 1 heterocycles. The number of amidine groups is 1. The Labute approximate surface area is 122 Å². The first kappa shape index (κ1) is 14.9. The Bertz CT molecular complexity index is 510. The minimum Gasteiger partial charge on any atom is -0.409 e. The summed E-state index contributed by atoms with van der Waals surface area (Å²) in [5, 5.41) is 21.4. The van der Waals surface area contributed by atoms with Crippen molar-refractivity contribution < 1.29 is 15.1 Å². The molecule has 20 heavy (non-hydrogen) atoms. The zero-order valence-corrected chi connectivity index (χ0v) is 11.9. The summed E-state index contributed by atoms with van der Waals surface area (Å²) in [6, 6.07) is 5.38. The number of ether oxygens (including phenoxy) is 1. The molecule has 0 radical (unpaired) electrons. The van der Waals surface area contributed by atoms with Gasteiger partial charge in [-0.25, -0.2) is 0 Å². The fourth-order valence-corrected chi connectivity index (χ4v) is 2.51. The Morgan fingerprint density at radius 2 is 2.35 bits per heavy atom. The smallest absolute Gasteiger partial charge is 0.170 e. The summed E-state index contributed by atoms with van der Waals surface area (Å²) < 4.78 is 5.50. The van der Waals surface area contributed by atoms with Crippen molar-refractivity contribution >= 4 is 23.1 Å². The van der Waals surface area contributed by atoms with Crippen LogP contribution in [0.4, 0.5) is 5.69 Å². The van der Waals surface area contributed by atoms with Crippen molar-refractivity contribution in [3.05, 3.63) is 28.8 Å². The Balaban J connectivity index is 2.27. The van der Waals surface area contributed by atoms with Crippen LogP contribution in [0, 0.1) is 0 Å². The molecule has 1 aromatic rings. The second kappa shape index (κ2) is 6.30. The van der Waals surface area contributed by atoms with E-state index in [2.05, 4.69) is 10.1 Å². The van der Waals surface area contributed by atoms with Crippen molar-refractivity contribution in [1.82, 2.24) is 0 Å². The van der Waals surface area contributed by atoms with Gasteiger partial charge in [0.25, 0.3) is 0 Å². The normalized spacial score (nSPS) is 23.9. The number of hydrogen-bond donors (Lipinski definition) is 3. The third-order valence-corrected chi connectivity index (χ3v) is 3.67. The maximum atomic E-state index is 9.22. The van der Waals surface area contributed by atoms with E-state index in [0.29, 0.717) is 23.7 Å². The molecule has 1 aliphatic heterocycles. The fraction of sp³-hybridized carbons (Fsp3) is 0.462. The molecule has 1 aliphatic rings. The molecule has 0 saturated carbocycles. The molecule has 0 bridgehead atoms. The van der Waals surface area contributed by atoms with Crippen molar-refractivity contribution in [3.63, 3.8) is 0 Å². The van der Waals surface area contributed by atoms with Crippen LogP contribution in [0.15, 0.2) is 23.4 Å². The predicted molar refractivity (Wildman–Crippen MR) is 77.6 cm³/mol. The van der Waals surface area contributed by atoms with Gasteiger partial charge in [0.05, 0.1) is 30.0 Å². The van der Waals surface area contributed by atoms with E-state index in [1.165, 1.54) is 0 Å². The van der Waals surface area contributed by atoms with Crippen LogP contribution in [0.2, 0.25) is 5.02 Å². The van der Waals surface area contributed by atoms with Gasteiger partial charge in [0.15, 0.2) is 5.84 Å². The highest BCUT2D eigenvalue weighted by atomic mass is 35.5. The number of benzene rings is 1. The van der Waals surface area contributed by atoms with Crippen molar-refractivity contribution in [2.45, 2.75) is 19.1 Å². The summed E-state index contributed by atoms with van der Waals surface area (Å²) in [6.45, 7) is 3.11. The molecule has 4 N–H and O–H groups in total. The van der Waals surface area contributed by atoms with Crippen LogP contribution in [0.3, 0.4) is 0 Å². The van der Waals surface area contributed by atoms with Gasteiger partial charge in [0.1, 0.15) is 0 Å². The third kappa shape index (κ3) is 2.98. The number of oxime groups is 1. The fourth-order valence-electron chi connectivity index (χ4n) is 2.22. The summed E-state index contributed by atoms with van der Waals surface area (Å²) in [5.41, 5.74) is 6.94.